The van der Waals surface area contributed by atoms with Gasteiger partial charge in [-0.1, -0.05) is 12.1 Å². The molecule has 1 N–H and O–H groups in total. The molecule has 0 amide bonds. The Kier molecular flexibility index (Phi) is 3.44. The number of hydrogen-bond acceptors (Lipinski definition) is 4. The van der Waals surface area contributed by atoms with Crippen molar-refractivity contribution in [2.45, 2.75) is 4.90 Å². The van der Waals surface area contributed by atoms with Gasteiger partial charge in [-0.2, -0.15) is 5.26 Å². The summed E-state index contributed by atoms with van der Waals surface area (Å²) in [5.41, 5.74) is 0.300. The van der Waals surface area contributed by atoms with E-state index in [1.165, 1.54) is 30.5 Å². The fraction of sp³-hybridized carbons (Fsp3) is 0. The first-order chi connectivity index (χ1) is 9.03. The fourth-order valence-electron chi connectivity index (χ4n) is 1.38. The predicted octanol–water partition coefficient (Wildman–Crippen LogP) is 1.89. The van der Waals surface area contributed by atoms with E-state index < -0.39 is 20.7 Å². The smallest absolute Gasteiger partial charge is 0.263 e. The molecule has 0 atom stereocenters. The van der Waals surface area contributed by atoms with Gasteiger partial charge in [-0.15, -0.1) is 0 Å². The van der Waals surface area contributed by atoms with Crippen molar-refractivity contribution in [3.05, 3.63) is 54.0 Å². The number of hydrogen-bond donors (Lipinski definition) is 1. The van der Waals surface area contributed by atoms with Crippen molar-refractivity contribution < 1.29 is 12.8 Å². The number of nitriles is 1. The van der Waals surface area contributed by atoms with E-state index in [0.29, 0.717) is 5.56 Å². The zero-order valence-electron chi connectivity index (χ0n) is 9.54. The highest BCUT2D eigenvalue weighted by Gasteiger charge is 2.18. The van der Waals surface area contributed by atoms with Crippen molar-refractivity contribution in [2.75, 3.05) is 4.72 Å². The number of pyridine rings is 1. The average Bonchev–Trinajstić information content (AvgIpc) is 2.39. The van der Waals surface area contributed by atoms with E-state index in [1.807, 2.05) is 6.07 Å². The van der Waals surface area contributed by atoms with Gasteiger partial charge in [0.2, 0.25) is 0 Å². The summed E-state index contributed by atoms with van der Waals surface area (Å²) in [6, 6.07) is 9.63. The first kappa shape index (κ1) is 13.0. The number of anilines is 1. The normalized spacial score (nSPS) is 10.7. The third-order valence-electron chi connectivity index (χ3n) is 2.26. The van der Waals surface area contributed by atoms with Crippen LogP contribution in [-0.2, 0) is 10.0 Å². The number of benzene rings is 1. The summed E-state index contributed by atoms with van der Waals surface area (Å²) in [6.07, 6.45) is 1.22. The second kappa shape index (κ2) is 5.04. The van der Waals surface area contributed by atoms with Gasteiger partial charge in [0.1, 0.15) is 22.6 Å². The highest BCUT2D eigenvalue weighted by atomic mass is 32.2. The number of nitrogens with one attached hydrogen (secondary N) is 1. The van der Waals surface area contributed by atoms with Crippen molar-refractivity contribution in [1.29, 1.82) is 5.26 Å². The summed E-state index contributed by atoms with van der Waals surface area (Å²) in [7, 11) is -4.03. The minimum absolute atomic E-state index is 0.0160. The minimum atomic E-state index is -4.03. The average molecular weight is 277 g/mol. The SMILES string of the molecule is N#Cc1ccc(NS(=O)(=O)c2ccccc2F)nc1. The fourth-order valence-corrected chi connectivity index (χ4v) is 2.46. The van der Waals surface area contributed by atoms with Crippen LogP contribution >= 0.6 is 0 Å². The predicted molar refractivity (Wildman–Crippen MR) is 66.2 cm³/mol. The minimum Gasteiger partial charge on any atom is -0.263 e. The van der Waals surface area contributed by atoms with Gasteiger partial charge in [-0.3, -0.25) is 4.72 Å². The van der Waals surface area contributed by atoms with E-state index in [-0.39, 0.29) is 5.82 Å². The Hall–Kier alpha value is -2.46. The zero-order valence-corrected chi connectivity index (χ0v) is 10.4. The lowest BCUT2D eigenvalue weighted by molar-refractivity contribution is 0.570. The Morgan fingerprint density at radius 1 is 1.21 bits per heavy atom. The second-order valence-electron chi connectivity index (χ2n) is 3.58. The number of sulfonamides is 1. The van der Waals surface area contributed by atoms with Crippen LogP contribution in [0.2, 0.25) is 0 Å². The maximum Gasteiger partial charge on any atom is 0.265 e. The number of aromatic nitrogens is 1. The molecule has 0 bridgehead atoms. The quantitative estimate of drug-likeness (QED) is 0.928. The molecule has 0 unspecified atom stereocenters. The van der Waals surface area contributed by atoms with E-state index >= 15 is 0 Å². The van der Waals surface area contributed by atoms with E-state index in [0.717, 1.165) is 12.1 Å². The number of nitrogens with zero attached hydrogens (tertiary/aromatic N) is 2. The summed E-state index contributed by atoms with van der Waals surface area (Å²) >= 11 is 0. The molecule has 1 aromatic heterocycles. The summed E-state index contributed by atoms with van der Waals surface area (Å²) in [5.74, 6) is -0.828. The molecule has 2 aromatic rings. The summed E-state index contributed by atoms with van der Waals surface area (Å²) in [4.78, 5) is 3.30. The van der Waals surface area contributed by atoms with Gasteiger partial charge in [0, 0.05) is 6.20 Å². The molecule has 0 aliphatic rings. The molecule has 0 fully saturated rings. The van der Waals surface area contributed by atoms with Gasteiger partial charge in [-0.25, -0.2) is 17.8 Å². The molecule has 96 valence electrons. The third-order valence-corrected chi connectivity index (χ3v) is 3.65. The summed E-state index contributed by atoms with van der Waals surface area (Å²) < 4.78 is 39.4. The Balaban J connectivity index is 2.32. The molecule has 2 rings (SSSR count). The Bertz CT molecular complexity index is 736. The van der Waals surface area contributed by atoms with Crippen molar-refractivity contribution in [2.24, 2.45) is 0 Å². The van der Waals surface area contributed by atoms with E-state index in [9.17, 15) is 12.8 Å². The second-order valence-corrected chi connectivity index (χ2v) is 5.23. The molecular weight excluding hydrogens is 269 g/mol. The van der Waals surface area contributed by atoms with Crippen molar-refractivity contribution in [1.82, 2.24) is 4.98 Å². The molecule has 1 heterocycles. The molecule has 0 radical (unpaired) electrons. The van der Waals surface area contributed by atoms with Crippen molar-refractivity contribution in [3.8, 4) is 6.07 Å². The topological polar surface area (TPSA) is 82.9 Å². The molecule has 1 aromatic carbocycles. The molecule has 7 heteroatoms. The number of rotatable bonds is 3. The van der Waals surface area contributed by atoms with E-state index in [1.54, 1.807) is 0 Å². The molecule has 0 saturated carbocycles. The van der Waals surface area contributed by atoms with Crippen LogP contribution in [0.5, 0.6) is 0 Å². The highest BCUT2D eigenvalue weighted by Crippen LogP contribution is 2.17. The van der Waals surface area contributed by atoms with Crippen molar-refractivity contribution >= 4 is 15.8 Å². The van der Waals surface area contributed by atoms with E-state index in [4.69, 9.17) is 5.26 Å². The number of halogens is 1. The van der Waals surface area contributed by atoms with Crippen LogP contribution in [-0.4, -0.2) is 13.4 Å². The van der Waals surface area contributed by atoms with E-state index in [2.05, 4.69) is 9.71 Å². The third kappa shape index (κ3) is 2.86. The van der Waals surface area contributed by atoms with Gasteiger partial charge in [0.25, 0.3) is 10.0 Å². The highest BCUT2D eigenvalue weighted by molar-refractivity contribution is 7.92. The van der Waals surface area contributed by atoms with Crippen LogP contribution < -0.4 is 4.72 Å². The lowest BCUT2D eigenvalue weighted by atomic mass is 10.3. The molecular formula is C12H8FN3O2S. The molecule has 0 saturated heterocycles. The first-order valence-corrected chi connectivity index (χ1v) is 6.65. The maximum atomic E-state index is 13.4. The van der Waals surface area contributed by atoms with Gasteiger partial charge in [0.15, 0.2) is 0 Å². The molecule has 0 spiro atoms. The molecule has 5 nitrogen and oxygen atoms in total. The molecule has 19 heavy (non-hydrogen) atoms. The lowest BCUT2D eigenvalue weighted by Crippen LogP contribution is -2.15. The standard InChI is InChI=1S/C12H8FN3O2S/c13-10-3-1-2-4-11(10)19(17,18)16-12-6-5-9(7-14)8-15-12/h1-6,8H,(H,15,16). The van der Waals surface area contributed by atoms with Gasteiger partial charge >= 0.3 is 0 Å². The van der Waals surface area contributed by atoms with Crippen LogP contribution in [0, 0.1) is 17.1 Å². The van der Waals surface area contributed by atoms with Crippen LogP contribution in [0.15, 0.2) is 47.5 Å². The van der Waals surface area contributed by atoms with Crippen LogP contribution in [0.1, 0.15) is 5.56 Å². The van der Waals surface area contributed by atoms with Gasteiger partial charge < -0.3 is 0 Å². The van der Waals surface area contributed by atoms with Crippen LogP contribution in [0.25, 0.3) is 0 Å². The van der Waals surface area contributed by atoms with Crippen LogP contribution in [0.4, 0.5) is 10.2 Å². The monoisotopic (exact) mass is 277 g/mol. The Morgan fingerprint density at radius 2 is 1.95 bits per heavy atom. The zero-order chi connectivity index (χ0) is 13.9. The Morgan fingerprint density at radius 3 is 2.53 bits per heavy atom. The Labute approximate surface area is 109 Å². The molecule has 0 aliphatic carbocycles. The molecule has 0 aliphatic heterocycles. The largest absolute Gasteiger partial charge is 0.265 e. The van der Waals surface area contributed by atoms with Crippen molar-refractivity contribution in [3.63, 3.8) is 0 Å². The van der Waals surface area contributed by atoms with Gasteiger partial charge in [-0.05, 0) is 24.3 Å². The summed E-state index contributed by atoms with van der Waals surface area (Å²) in [5, 5.41) is 8.60. The van der Waals surface area contributed by atoms with Crippen LogP contribution in [0.3, 0.4) is 0 Å². The summed E-state index contributed by atoms with van der Waals surface area (Å²) in [6.45, 7) is 0. The van der Waals surface area contributed by atoms with Gasteiger partial charge in [0.05, 0.1) is 5.56 Å². The maximum absolute atomic E-state index is 13.4. The lowest BCUT2D eigenvalue weighted by Gasteiger charge is -2.07. The first-order valence-electron chi connectivity index (χ1n) is 5.16.